The summed E-state index contributed by atoms with van der Waals surface area (Å²) in [6, 6.07) is 0. The van der Waals surface area contributed by atoms with E-state index in [1.165, 1.54) is 0 Å². The van der Waals surface area contributed by atoms with E-state index < -0.39 is 0 Å². The summed E-state index contributed by atoms with van der Waals surface area (Å²) in [5, 5.41) is 0. The molecule has 26 heavy (non-hydrogen) atoms. The summed E-state index contributed by atoms with van der Waals surface area (Å²) >= 11 is 0. The van der Waals surface area contributed by atoms with Gasteiger partial charge >= 0.3 is 6.09 Å². The van der Waals surface area contributed by atoms with Crippen LogP contribution in [0.15, 0.2) is 0 Å². The standard InChI is InChI=1S/C19H37N3O4/c1-2-26-19(23)22(9-5-3-7-20-11-15-24-16-12-20)10-6-4-8-21-13-17-25-18-14-21/h2-18H2,1H3. The van der Waals surface area contributed by atoms with Gasteiger partial charge in [0, 0.05) is 39.3 Å². The maximum atomic E-state index is 12.2. The topological polar surface area (TPSA) is 54.5 Å². The van der Waals surface area contributed by atoms with Crippen molar-refractivity contribution in [2.45, 2.75) is 32.6 Å². The molecule has 7 heteroatoms. The Balaban J connectivity index is 1.59. The number of nitrogens with zero attached hydrogens (tertiary/aromatic N) is 3. The number of ether oxygens (including phenoxy) is 3. The minimum Gasteiger partial charge on any atom is -0.450 e. The molecule has 0 aromatic carbocycles. The lowest BCUT2D eigenvalue weighted by Gasteiger charge is -2.28. The summed E-state index contributed by atoms with van der Waals surface area (Å²) in [6.45, 7) is 13.6. The molecule has 0 aromatic rings. The van der Waals surface area contributed by atoms with Crippen LogP contribution >= 0.6 is 0 Å². The van der Waals surface area contributed by atoms with Gasteiger partial charge in [0.15, 0.2) is 0 Å². The van der Waals surface area contributed by atoms with Crippen LogP contribution in [0.1, 0.15) is 32.6 Å². The highest BCUT2D eigenvalue weighted by atomic mass is 16.6. The maximum absolute atomic E-state index is 12.2. The molecular formula is C19H37N3O4. The van der Waals surface area contributed by atoms with Crippen molar-refractivity contribution in [3.8, 4) is 0 Å². The highest BCUT2D eigenvalue weighted by Gasteiger charge is 2.15. The molecule has 7 nitrogen and oxygen atoms in total. The highest BCUT2D eigenvalue weighted by molar-refractivity contribution is 5.67. The Labute approximate surface area is 158 Å². The normalized spacial score (nSPS) is 19.4. The van der Waals surface area contributed by atoms with Crippen LogP contribution in [0.2, 0.25) is 0 Å². The van der Waals surface area contributed by atoms with Gasteiger partial charge in [-0.3, -0.25) is 9.80 Å². The minimum absolute atomic E-state index is 0.162. The number of unbranched alkanes of at least 4 members (excludes halogenated alkanes) is 2. The van der Waals surface area contributed by atoms with Crippen LogP contribution in [-0.4, -0.2) is 106 Å². The Morgan fingerprint density at radius 3 is 1.73 bits per heavy atom. The summed E-state index contributed by atoms with van der Waals surface area (Å²) in [5.41, 5.74) is 0. The molecule has 2 rings (SSSR count). The molecule has 0 saturated carbocycles. The van der Waals surface area contributed by atoms with E-state index in [1.807, 2.05) is 11.8 Å². The third-order valence-electron chi connectivity index (χ3n) is 5.04. The monoisotopic (exact) mass is 371 g/mol. The number of morpholine rings is 2. The van der Waals surface area contributed by atoms with Crippen molar-refractivity contribution in [2.24, 2.45) is 0 Å². The molecule has 0 N–H and O–H groups in total. The molecule has 0 atom stereocenters. The van der Waals surface area contributed by atoms with Gasteiger partial charge < -0.3 is 19.1 Å². The lowest BCUT2D eigenvalue weighted by atomic mass is 10.2. The van der Waals surface area contributed by atoms with E-state index in [9.17, 15) is 4.79 Å². The number of hydrogen-bond acceptors (Lipinski definition) is 6. The van der Waals surface area contributed by atoms with E-state index in [4.69, 9.17) is 14.2 Å². The molecule has 2 aliphatic rings. The number of hydrogen-bond donors (Lipinski definition) is 0. The van der Waals surface area contributed by atoms with Gasteiger partial charge in [-0.25, -0.2) is 4.79 Å². The second-order valence-corrected chi connectivity index (χ2v) is 7.01. The van der Waals surface area contributed by atoms with E-state index in [1.54, 1.807) is 0 Å². The van der Waals surface area contributed by atoms with Gasteiger partial charge in [0.05, 0.1) is 33.0 Å². The van der Waals surface area contributed by atoms with Crippen molar-refractivity contribution in [3.63, 3.8) is 0 Å². The number of amides is 1. The van der Waals surface area contributed by atoms with E-state index in [-0.39, 0.29) is 6.09 Å². The average Bonchev–Trinajstić information content (AvgIpc) is 2.68. The second-order valence-electron chi connectivity index (χ2n) is 7.01. The van der Waals surface area contributed by atoms with Gasteiger partial charge in [-0.05, 0) is 45.7 Å². The zero-order chi connectivity index (χ0) is 18.5. The fraction of sp³-hybridized carbons (Fsp3) is 0.947. The van der Waals surface area contributed by atoms with E-state index >= 15 is 0 Å². The van der Waals surface area contributed by atoms with Gasteiger partial charge in [0.2, 0.25) is 0 Å². The molecule has 2 saturated heterocycles. The number of carbonyl (C=O) groups is 1. The third-order valence-corrected chi connectivity index (χ3v) is 5.04. The Hall–Kier alpha value is -0.890. The number of carbonyl (C=O) groups excluding carboxylic acids is 1. The molecule has 2 fully saturated rings. The van der Waals surface area contributed by atoms with Crippen molar-refractivity contribution < 1.29 is 19.0 Å². The summed E-state index contributed by atoms with van der Waals surface area (Å²) < 4.78 is 16.0. The number of rotatable bonds is 11. The fourth-order valence-corrected chi connectivity index (χ4v) is 3.43. The van der Waals surface area contributed by atoms with Crippen molar-refractivity contribution >= 4 is 6.09 Å². The van der Waals surface area contributed by atoms with Crippen LogP contribution in [0, 0.1) is 0 Å². The zero-order valence-electron chi connectivity index (χ0n) is 16.5. The summed E-state index contributed by atoms with van der Waals surface area (Å²) in [5.74, 6) is 0. The molecule has 0 radical (unpaired) electrons. The lowest BCUT2D eigenvalue weighted by molar-refractivity contribution is 0.0362. The smallest absolute Gasteiger partial charge is 0.409 e. The predicted molar refractivity (Wildman–Crippen MR) is 102 cm³/mol. The molecule has 152 valence electrons. The molecule has 2 heterocycles. The van der Waals surface area contributed by atoms with Gasteiger partial charge in [-0.15, -0.1) is 0 Å². The summed E-state index contributed by atoms with van der Waals surface area (Å²) in [4.78, 5) is 19.0. The van der Waals surface area contributed by atoms with Crippen LogP contribution in [0.3, 0.4) is 0 Å². The van der Waals surface area contributed by atoms with Crippen LogP contribution in [0.4, 0.5) is 4.79 Å². The van der Waals surface area contributed by atoms with Gasteiger partial charge in [0.1, 0.15) is 0 Å². The third kappa shape index (κ3) is 8.66. The largest absolute Gasteiger partial charge is 0.450 e. The first-order chi connectivity index (χ1) is 12.8. The first-order valence-corrected chi connectivity index (χ1v) is 10.3. The van der Waals surface area contributed by atoms with E-state index in [2.05, 4.69) is 9.80 Å². The van der Waals surface area contributed by atoms with Crippen molar-refractivity contribution in [2.75, 3.05) is 85.4 Å². The molecule has 0 spiro atoms. The Morgan fingerprint density at radius 2 is 1.31 bits per heavy atom. The minimum atomic E-state index is -0.162. The molecule has 1 amide bonds. The van der Waals surface area contributed by atoms with E-state index in [0.29, 0.717) is 6.61 Å². The molecule has 2 aliphatic heterocycles. The van der Waals surface area contributed by atoms with Crippen molar-refractivity contribution in [1.82, 2.24) is 14.7 Å². The SMILES string of the molecule is CCOC(=O)N(CCCCN1CCOCC1)CCCCN1CCOCC1. The molecule has 0 aromatic heterocycles. The van der Waals surface area contributed by atoms with Crippen molar-refractivity contribution in [1.29, 1.82) is 0 Å². The quantitative estimate of drug-likeness (QED) is 0.515. The first kappa shape index (κ1) is 21.4. The predicted octanol–water partition coefficient (Wildman–Crippen LogP) is 1.67. The molecular weight excluding hydrogens is 334 g/mol. The van der Waals surface area contributed by atoms with Gasteiger partial charge in [-0.2, -0.15) is 0 Å². The Morgan fingerprint density at radius 1 is 0.846 bits per heavy atom. The maximum Gasteiger partial charge on any atom is 0.409 e. The van der Waals surface area contributed by atoms with Crippen molar-refractivity contribution in [3.05, 3.63) is 0 Å². The molecule has 0 bridgehead atoms. The van der Waals surface area contributed by atoms with E-state index in [0.717, 1.165) is 104 Å². The highest BCUT2D eigenvalue weighted by Crippen LogP contribution is 2.06. The summed E-state index contributed by atoms with van der Waals surface area (Å²) in [6.07, 6.45) is 4.12. The summed E-state index contributed by atoms with van der Waals surface area (Å²) in [7, 11) is 0. The lowest BCUT2D eigenvalue weighted by Crippen LogP contribution is -2.38. The Kier molecular flexibility index (Phi) is 11.0. The van der Waals surface area contributed by atoms with Gasteiger partial charge in [0.25, 0.3) is 0 Å². The average molecular weight is 372 g/mol. The molecule has 0 aliphatic carbocycles. The van der Waals surface area contributed by atoms with Crippen LogP contribution in [-0.2, 0) is 14.2 Å². The fourth-order valence-electron chi connectivity index (χ4n) is 3.43. The first-order valence-electron chi connectivity index (χ1n) is 10.3. The van der Waals surface area contributed by atoms with Crippen LogP contribution < -0.4 is 0 Å². The van der Waals surface area contributed by atoms with Crippen LogP contribution in [0.5, 0.6) is 0 Å². The second kappa shape index (κ2) is 13.3. The zero-order valence-corrected chi connectivity index (χ0v) is 16.5. The Bertz CT molecular complexity index is 346. The van der Waals surface area contributed by atoms with Gasteiger partial charge in [-0.1, -0.05) is 0 Å². The molecule has 0 unspecified atom stereocenters. The van der Waals surface area contributed by atoms with Crippen LogP contribution in [0.25, 0.3) is 0 Å².